The van der Waals surface area contributed by atoms with Gasteiger partial charge in [-0.05, 0) is 89.4 Å². The van der Waals surface area contributed by atoms with Crippen molar-refractivity contribution >= 4 is 27.5 Å². The van der Waals surface area contributed by atoms with Crippen molar-refractivity contribution in [3.8, 4) is 11.3 Å². The van der Waals surface area contributed by atoms with E-state index in [9.17, 15) is 4.79 Å². The Hall–Kier alpha value is -3.01. The first-order chi connectivity index (χ1) is 20.6. The summed E-state index contributed by atoms with van der Waals surface area (Å²) < 4.78 is 5.45. The molecule has 2 aliphatic heterocycles. The van der Waals surface area contributed by atoms with E-state index in [1.165, 1.54) is 43.0 Å². The van der Waals surface area contributed by atoms with Crippen LogP contribution in [0.3, 0.4) is 0 Å². The molecule has 43 heavy (non-hydrogen) atoms. The number of nitrogens with zero attached hydrogens (tertiary/aromatic N) is 4. The highest BCUT2D eigenvalue weighted by Gasteiger charge is 2.32. The minimum absolute atomic E-state index is 0.146. The quantitative estimate of drug-likeness (QED) is 0.251. The molecular weight excluding hydrogens is 556 g/mol. The van der Waals surface area contributed by atoms with Gasteiger partial charge in [0.15, 0.2) is 0 Å². The summed E-state index contributed by atoms with van der Waals surface area (Å²) in [5.41, 5.74) is 6.14. The van der Waals surface area contributed by atoms with Crippen LogP contribution in [0.15, 0.2) is 24.3 Å². The molecule has 6 rings (SSSR count). The summed E-state index contributed by atoms with van der Waals surface area (Å²) in [5.74, 6) is 2.62. The second kappa shape index (κ2) is 12.2. The summed E-state index contributed by atoms with van der Waals surface area (Å²) in [7, 11) is 0. The molecule has 1 aromatic carbocycles. The van der Waals surface area contributed by atoms with Crippen molar-refractivity contribution in [3.05, 3.63) is 57.5 Å². The average Bonchev–Trinajstić information content (AvgIpc) is 3.72. The largest absolute Gasteiger partial charge is 0.378 e. The number of benzene rings is 1. The minimum Gasteiger partial charge on any atom is -0.378 e. The lowest BCUT2D eigenvalue weighted by Gasteiger charge is -2.35. The van der Waals surface area contributed by atoms with Crippen LogP contribution < -0.4 is 0 Å². The number of hydrogen-bond donors (Lipinski definition) is 2. The monoisotopic (exact) mass is 602 g/mol. The third-order valence-corrected chi connectivity index (χ3v) is 10.7. The molecule has 230 valence electrons. The van der Waals surface area contributed by atoms with E-state index in [4.69, 9.17) is 4.74 Å². The van der Waals surface area contributed by atoms with Gasteiger partial charge in [-0.15, -0.1) is 21.5 Å². The SMILES string of the molecule is Cc1cc(C)cc(-c2[nH]c3sc(C(C)(C)c4nnc(C(C)C)[nH]4)cc3c2CCN2CCC(C(=O)N3CCOCC3)CC2)c1. The molecule has 1 amide bonds. The molecule has 3 aromatic heterocycles. The lowest BCUT2D eigenvalue weighted by molar-refractivity contribution is -0.141. The molecule has 0 unspecified atom stereocenters. The molecule has 8 nitrogen and oxygen atoms in total. The lowest BCUT2D eigenvalue weighted by Crippen LogP contribution is -2.47. The predicted molar refractivity (Wildman–Crippen MR) is 174 cm³/mol. The number of fused-ring (bicyclic) bond motifs is 1. The lowest BCUT2D eigenvalue weighted by atomic mass is 9.90. The second-order valence-electron chi connectivity index (χ2n) is 13.4. The van der Waals surface area contributed by atoms with Crippen molar-refractivity contribution in [2.45, 2.75) is 72.1 Å². The number of morpholine rings is 1. The van der Waals surface area contributed by atoms with Crippen LogP contribution in [0.25, 0.3) is 21.5 Å². The van der Waals surface area contributed by atoms with E-state index in [1.807, 2.05) is 16.2 Å². The van der Waals surface area contributed by atoms with Gasteiger partial charge in [-0.25, -0.2) is 0 Å². The number of hydrogen-bond acceptors (Lipinski definition) is 6. The zero-order chi connectivity index (χ0) is 30.3. The van der Waals surface area contributed by atoms with Crippen LogP contribution in [0.5, 0.6) is 0 Å². The first kappa shape index (κ1) is 30.0. The molecule has 0 bridgehead atoms. The van der Waals surface area contributed by atoms with E-state index in [-0.39, 0.29) is 11.3 Å². The van der Waals surface area contributed by atoms with E-state index in [1.54, 1.807) is 0 Å². The number of piperidine rings is 1. The molecule has 4 aromatic rings. The van der Waals surface area contributed by atoms with Crippen LogP contribution in [0, 0.1) is 19.8 Å². The summed E-state index contributed by atoms with van der Waals surface area (Å²) in [6.07, 6.45) is 2.84. The van der Waals surface area contributed by atoms with Gasteiger partial charge in [0, 0.05) is 41.7 Å². The third-order valence-electron chi connectivity index (χ3n) is 9.30. The van der Waals surface area contributed by atoms with Gasteiger partial charge in [-0.3, -0.25) is 4.79 Å². The number of aryl methyl sites for hydroxylation is 2. The third kappa shape index (κ3) is 6.17. The summed E-state index contributed by atoms with van der Waals surface area (Å²) in [5, 5.41) is 10.3. The average molecular weight is 603 g/mol. The number of rotatable bonds is 8. The van der Waals surface area contributed by atoms with Crippen molar-refractivity contribution < 1.29 is 9.53 Å². The first-order valence-electron chi connectivity index (χ1n) is 15.9. The second-order valence-corrected chi connectivity index (χ2v) is 14.4. The molecule has 0 radical (unpaired) electrons. The van der Waals surface area contributed by atoms with E-state index in [0.29, 0.717) is 25.0 Å². The van der Waals surface area contributed by atoms with Crippen LogP contribution in [-0.4, -0.2) is 81.8 Å². The number of carbonyl (C=O) groups excluding carboxylic acids is 1. The van der Waals surface area contributed by atoms with Crippen molar-refractivity contribution in [2.75, 3.05) is 45.9 Å². The first-order valence-corrected chi connectivity index (χ1v) is 16.7. The van der Waals surface area contributed by atoms with Gasteiger partial charge in [-0.1, -0.05) is 31.0 Å². The van der Waals surface area contributed by atoms with Gasteiger partial charge in [0.2, 0.25) is 5.91 Å². The fourth-order valence-corrected chi connectivity index (χ4v) is 7.81. The molecule has 0 atom stereocenters. The Morgan fingerprint density at radius 3 is 2.37 bits per heavy atom. The maximum atomic E-state index is 13.1. The standard InChI is InChI=1S/C34H46N6O2S/c1-21(2)30-36-33(38-37-30)34(5,6)28-20-27-26(29(35-31(27)43-28)25-18-22(3)17-23(4)19-25)9-12-39-10-7-24(8-11-39)32(41)40-13-15-42-16-14-40/h17-21,24,35H,7-16H2,1-6H3,(H,36,37,38). The summed E-state index contributed by atoms with van der Waals surface area (Å²) in [6, 6.07) is 9.20. The Labute approximate surface area is 259 Å². The number of aromatic nitrogens is 4. The van der Waals surface area contributed by atoms with E-state index >= 15 is 0 Å². The molecule has 2 saturated heterocycles. The van der Waals surface area contributed by atoms with Crippen LogP contribution in [0.4, 0.5) is 0 Å². The van der Waals surface area contributed by atoms with Crippen molar-refractivity contribution in [1.29, 1.82) is 0 Å². The number of H-pyrrole nitrogens is 2. The smallest absolute Gasteiger partial charge is 0.225 e. The molecule has 5 heterocycles. The zero-order valence-corrected chi connectivity index (χ0v) is 27.4. The Morgan fingerprint density at radius 1 is 1.02 bits per heavy atom. The highest BCUT2D eigenvalue weighted by atomic mass is 32.1. The summed E-state index contributed by atoms with van der Waals surface area (Å²) in [4.78, 5) is 27.4. The Morgan fingerprint density at radius 2 is 1.72 bits per heavy atom. The van der Waals surface area contributed by atoms with Crippen LogP contribution >= 0.6 is 11.3 Å². The van der Waals surface area contributed by atoms with Crippen LogP contribution in [-0.2, 0) is 21.4 Å². The molecule has 0 saturated carbocycles. The maximum absolute atomic E-state index is 13.1. The number of ether oxygens (including phenoxy) is 1. The van der Waals surface area contributed by atoms with Gasteiger partial charge >= 0.3 is 0 Å². The minimum atomic E-state index is -0.281. The number of aromatic amines is 2. The fourth-order valence-electron chi connectivity index (χ4n) is 6.61. The van der Waals surface area contributed by atoms with Crippen molar-refractivity contribution in [3.63, 3.8) is 0 Å². The van der Waals surface area contributed by atoms with E-state index in [0.717, 1.165) is 63.6 Å². The molecule has 2 N–H and O–H groups in total. The Bertz CT molecular complexity index is 1560. The number of carbonyl (C=O) groups is 1. The topological polar surface area (TPSA) is 90.1 Å². The Kier molecular flexibility index (Phi) is 8.50. The van der Waals surface area contributed by atoms with E-state index in [2.05, 4.69) is 90.9 Å². The van der Waals surface area contributed by atoms with Crippen LogP contribution in [0.2, 0.25) is 0 Å². The van der Waals surface area contributed by atoms with Gasteiger partial charge in [-0.2, -0.15) is 0 Å². The molecule has 0 spiro atoms. The molecular formula is C34H46N6O2S. The molecule has 2 aliphatic rings. The van der Waals surface area contributed by atoms with Gasteiger partial charge in [0.05, 0.1) is 24.3 Å². The predicted octanol–water partition coefficient (Wildman–Crippen LogP) is 6.19. The number of thiophene rings is 1. The Balaban J connectivity index is 1.24. The number of amides is 1. The summed E-state index contributed by atoms with van der Waals surface area (Å²) in [6.45, 7) is 18.8. The normalized spacial score (nSPS) is 17.4. The van der Waals surface area contributed by atoms with Gasteiger partial charge < -0.3 is 24.5 Å². The fraction of sp³-hybridized carbons (Fsp3) is 0.559. The van der Waals surface area contributed by atoms with Gasteiger partial charge in [0.1, 0.15) is 16.5 Å². The highest BCUT2D eigenvalue weighted by molar-refractivity contribution is 7.18. The maximum Gasteiger partial charge on any atom is 0.225 e. The van der Waals surface area contributed by atoms with Crippen molar-refractivity contribution in [1.82, 2.24) is 30.0 Å². The number of likely N-dealkylation sites (tertiary alicyclic amines) is 1. The molecule has 2 fully saturated rings. The number of nitrogens with one attached hydrogen (secondary N) is 2. The highest BCUT2D eigenvalue weighted by Crippen LogP contribution is 2.42. The zero-order valence-electron chi connectivity index (χ0n) is 26.5. The van der Waals surface area contributed by atoms with Crippen LogP contribution in [0.1, 0.15) is 79.7 Å². The summed E-state index contributed by atoms with van der Waals surface area (Å²) >= 11 is 1.83. The van der Waals surface area contributed by atoms with Crippen molar-refractivity contribution in [2.24, 2.45) is 5.92 Å². The van der Waals surface area contributed by atoms with Gasteiger partial charge in [0.25, 0.3) is 0 Å². The molecule has 9 heteroatoms. The molecule has 0 aliphatic carbocycles. The van der Waals surface area contributed by atoms with E-state index < -0.39 is 0 Å².